The monoisotopic (exact) mass is 638 g/mol. The molecule has 0 amide bonds. The molecule has 11 rings (SSSR count). The molecule has 0 fully saturated rings. The summed E-state index contributed by atoms with van der Waals surface area (Å²) in [5.41, 5.74) is 6.87. The Morgan fingerprint density at radius 2 is 0.735 bits per heavy atom. The summed E-state index contributed by atoms with van der Waals surface area (Å²) in [7, 11) is 0. The van der Waals surface area contributed by atoms with Gasteiger partial charge in [0.25, 0.3) is 0 Å². The van der Waals surface area contributed by atoms with E-state index in [2.05, 4.69) is 158 Å². The minimum Gasteiger partial charge on any atom is -0.134 e. The van der Waals surface area contributed by atoms with Gasteiger partial charge in [0.1, 0.15) is 0 Å². The van der Waals surface area contributed by atoms with E-state index >= 15 is 0 Å². The number of rotatable bonds is 2. The Kier molecular flexibility index (Phi) is 5.76. The fourth-order valence-corrected chi connectivity index (χ4v) is 10.3. The van der Waals surface area contributed by atoms with Crippen LogP contribution in [0.15, 0.2) is 158 Å². The average Bonchev–Trinajstić information content (AvgIpc) is 3.57. The van der Waals surface area contributed by atoms with Gasteiger partial charge < -0.3 is 0 Å². The SMILES string of the molecule is C1=C(c2cccc3c4ccccc4c4ccccc4c23)c2sc3c(-c4cccc5c6ccccc6c6ccccc6c45)cccc3c2CC1. The zero-order valence-electron chi connectivity index (χ0n) is 26.8. The van der Waals surface area contributed by atoms with E-state index in [9.17, 15) is 0 Å². The predicted molar refractivity (Wildman–Crippen MR) is 214 cm³/mol. The van der Waals surface area contributed by atoms with Crippen molar-refractivity contribution in [2.24, 2.45) is 0 Å². The minimum atomic E-state index is 1.05. The predicted octanol–water partition coefficient (Wildman–Crippen LogP) is 13.9. The number of hydrogen-bond acceptors (Lipinski definition) is 1. The van der Waals surface area contributed by atoms with Crippen molar-refractivity contribution in [2.45, 2.75) is 12.8 Å². The van der Waals surface area contributed by atoms with Gasteiger partial charge in [0, 0.05) is 15.1 Å². The molecular formula is C48H30S. The standard InChI is InChI=1S/C48H30S/c1-3-15-33-29(13-1)31-17-5-7-19-35(31)45-37(33)21-9-23-39(45)41-25-11-27-43-44-28-12-26-42(48(44)49-47(41)43)40-24-10-22-38-34-16-4-2-14-30(34)32-18-6-8-20-36(32)46(38)40/h1-11,13-27H,12,28H2. The Labute approximate surface area is 288 Å². The minimum absolute atomic E-state index is 1.05. The Bertz CT molecular complexity index is 2950. The Morgan fingerprint density at radius 1 is 0.347 bits per heavy atom. The smallest absolute Gasteiger partial charge is 0.0430 e. The van der Waals surface area contributed by atoms with Crippen LogP contribution in [0.3, 0.4) is 0 Å². The third-order valence-corrected chi connectivity index (χ3v) is 12.2. The van der Waals surface area contributed by atoms with Crippen LogP contribution in [0.4, 0.5) is 0 Å². The third-order valence-electron chi connectivity index (χ3n) is 10.9. The van der Waals surface area contributed by atoms with E-state index in [1.807, 2.05) is 11.3 Å². The summed E-state index contributed by atoms with van der Waals surface area (Å²) in [6.07, 6.45) is 4.62. The molecule has 0 saturated carbocycles. The molecule has 10 aromatic rings. The molecule has 49 heavy (non-hydrogen) atoms. The van der Waals surface area contributed by atoms with Crippen LogP contribution >= 0.6 is 11.3 Å². The van der Waals surface area contributed by atoms with E-state index in [0.29, 0.717) is 0 Å². The van der Waals surface area contributed by atoms with Gasteiger partial charge in [0.2, 0.25) is 0 Å². The van der Waals surface area contributed by atoms with Gasteiger partial charge in [-0.3, -0.25) is 0 Å². The van der Waals surface area contributed by atoms with Crippen molar-refractivity contribution in [1.82, 2.24) is 0 Å². The van der Waals surface area contributed by atoms with Gasteiger partial charge in [-0.2, -0.15) is 0 Å². The lowest BCUT2D eigenvalue weighted by atomic mass is 9.85. The van der Waals surface area contributed by atoms with Gasteiger partial charge in [-0.25, -0.2) is 0 Å². The lowest BCUT2D eigenvalue weighted by molar-refractivity contribution is 0.999. The van der Waals surface area contributed by atoms with Crippen molar-refractivity contribution in [3.8, 4) is 11.1 Å². The highest BCUT2D eigenvalue weighted by Crippen LogP contribution is 2.49. The molecule has 0 nitrogen and oxygen atoms in total. The molecule has 0 saturated heterocycles. The molecule has 9 aromatic carbocycles. The maximum atomic E-state index is 2.51. The van der Waals surface area contributed by atoms with Crippen molar-refractivity contribution >= 4 is 91.6 Å². The molecule has 0 bridgehead atoms. The van der Waals surface area contributed by atoms with Crippen molar-refractivity contribution in [3.63, 3.8) is 0 Å². The number of benzene rings is 9. The fraction of sp³-hybridized carbons (Fsp3) is 0.0417. The van der Waals surface area contributed by atoms with Gasteiger partial charge >= 0.3 is 0 Å². The second-order valence-electron chi connectivity index (χ2n) is 13.4. The number of thiophene rings is 1. The van der Waals surface area contributed by atoms with Crippen LogP contribution in [-0.2, 0) is 6.42 Å². The summed E-state index contributed by atoms with van der Waals surface area (Å²) in [6, 6.07) is 56.5. The molecule has 228 valence electrons. The Balaban J connectivity index is 1.20. The summed E-state index contributed by atoms with van der Waals surface area (Å²) in [4.78, 5) is 1.42. The van der Waals surface area contributed by atoms with Crippen molar-refractivity contribution in [3.05, 3.63) is 174 Å². The molecule has 1 heteroatoms. The van der Waals surface area contributed by atoms with Gasteiger partial charge in [0.05, 0.1) is 0 Å². The van der Waals surface area contributed by atoms with Crippen LogP contribution in [0.5, 0.6) is 0 Å². The molecule has 0 radical (unpaired) electrons. The second-order valence-corrected chi connectivity index (χ2v) is 14.4. The van der Waals surface area contributed by atoms with Crippen molar-refractivity contribution < 1.29 is 0 Å². The van der Waals surface area contributed by atoms with E-state index in [-0.39, 0.29) is 0 Å². The van der Waals surface area contributed by atoms with E-state index in [1.54, 1.807) is 0 Å². The Morgan fingerprint density at radius 3 is 1.27 bits per heavy atom. The first-order chi connectivity index (χ1) is 24.3. The molecular weight excluding hydrogens is 609 g/mol. The fourth-order valence-electron chi connectivity index (χ4n) is 8.89. The van der Waals surface area contributed by atoms with Crippen LogP contribution < -0.4 is 0 Å². The first-order valence-electron chi connectivity index (χ1n) is 17.3. The lowest BCUT2D eigenvalue weighted by Crippen LogP contribution is -1.98. The summed E-state index contributed by atoms with van der Waals surface area (Å²) >= 11 is 1.99. The maximum absolute atomic E-state index is 2.51. The van der Waals surface area contributed by atoms with E-state index in [0.717, 1.165) is 12.8 Å². The molecule has 1 aliphatic rings. The molecule has 0 N–H and O–H groups in total. The summed E-state index contributed by atoms with van der Waals surface area (Å²) in [5.74, 6) is 0. The van der Waals surface area contributed by atoms with E-state index < -0.39 is 0 Å². The van der Waals surface area contributed by atoms with Crippen LogP contribution in [-0.4, -0.2) is 0 Å². The number of fused-ring (bicyclic) bond motifs is 15. The summed E-state index contributed by atoms with van der Waals surface area (Å²) in [5, 5.41) is 17.3. The average molecular weight is 639 g/mol. The summed E-state index contributed by atoms with van der Waals surface area (Å²) < 4.78 is 1.39. The molecule has 0 spiro atoms. The number of aryl methyl sites for hydroxylation is 1. The molecule has 1 aliphatic carbocycles. The number of allylic oxidation sites excluding steroid dienone is 1. The lowest BCUT2D eigenvalue weighted by Gasteiger charge is -2.19. The molecule has 0 atom stereocenters. The van der Waals surface area contributed by atoms with Gasteiger partial charge in [-0.15, -0.1) is 11.3 Å². The quantitative estimate of drug-likeness (QED) is 0.165. The zero-order chi connectivity index (χ0) is 32.1. The normalized spacial score (nSPS) is 13.3. The van der Waals surface area contributed by atoms with Crippen molar-refractivity contribution in [2.75, 3.05) is 0 Å². The first kappa shape index (κ1) is 27.2. The topological polar surface area (TPSA) is 0 Å². The van der Waals surface area contributed by atoms with Gasteiger partial charge in [0.15, 0.2) is 0 Å². The highest BCUT2D eigenvalue weighted by molar-refractivity contribution is 7.21. The highest BCUT2D eigenvalue weighted by Gasteiger charge is 2.24. The van der Waals surface area contributed by atoms with E-state index in [1.165, 1.54) is 107 Å². The molecule has 0 unspecified atom stereocenters. The van der Waals surface area contributed by atoms with Crippen molar-refractivity contribution in [1.29, 1.82) is 0 Å². The third kappa shape index (κ3) is 3.80. The molecule has 1 aromatic heterocycles. The zero-order valence-corrected chi connectivity index (χ0v) is 27.7. The Hall–Kier alpha value is -5.76. The van der Waals surface area contributed by atoms with E-state index in [4.69, 9.17) is 0 Å². The molecule has 1 heterocycles. The highest BCUT2D eigenvalue weighted by atomic mass is 32.1. The second kappa shape index (κ2) is 10.4. The largest absolute Gasteiger partial charge is 0.134 e. The first-order valence-corrected chi connectivity index (χ1v) is 18.1. The number of hydrogen-bond donors (Lipinski definition) is 0. The maximum Gasteiger partial charge on any atom is 0.0430 e. The van der Waals surface area contributed by atoms with Crippen LogP contribution in [0.2, 0.25) is 0 Å². The van der Waals surface area contributed by atoms with Crippen LogP contribution in [0, 0.1) is 0 Å². The molecule has 0 aliphatic heterocycles. The van der Waals surface area contributed by atoms with Crippen LogP contribution in [0.25, 0.3) is 91.4 Å². The van der Waals surface area contributed by atoms with Gasteiger partial charge in [-0.05, 0) is 105 Å². The van der Waals surface area contributed by atoms with Gasteiger partial charge in [-0.1, -0.05) is 158 Å². The summed E-state index contributed by atoms with van der Waals surface area (Å²) in [6.45, 7) is 0. The van der Waals surface area contributed by atoms with Crippen LogP contribution in [0.1, 0.15) is 22.4 Å².